The standard InChI is InChI=1S/C17H16ClN3O2/c18-12-4-5-16(20-6-12)13-8-21(7-11-2-1-3-11)9-14(17(19)23)15(13)10-22/h4-6,8-9,11H,1-3,7H2,(H2,19,23). The Morgan fingerprint density at radius 3 is 2.70 bits per heavy atom. The van der Waals surface area contributed by atoms with Crippen molar-refractivity contribution in [1.82, 2.24) is 9.88 Å². The topological polar surface area (TPSA) is 76.3 Å². The first kappa shape index (κ1) is 15.5. The quantitative estimate of drug-likeness (QED) is 0.860. The largest absolute Gasteiger partial charge is 0.366 e. The van der Waals surface area contributed by atoms with E-state index < -0.39 is 5.91 Å². The van der Waals surface area contributed by atoms with Gasteiger partial charge >= 0.3 is 0 Å². The van der Waals surface area contributed by atoms with Gasteiger partial charge in [-0.25, -0.2) is 4.79 Å². The first-order chi connectivity index (χ1) is 11.1. The molecular weight excluding hydrogens is 314 g/mol. The molecule has 1 aromatic heterocycles. The van der Waals surface area contributed by atoms with Gasteiger partial charge in [0.05, 0.1) is 21.9 Å². The van der Waals surface area contributed by atoms with Crippen LogP contribution in [0, 0.1) is 5.92 Å². The van der Waals surface area contributed by atoms with Crippen molar-refractivity contribution in [1.29, 1.82) is 0 Å². The summed E-state index contributed by atoms with van der Waals surface area (Å²) in [4.78, 5) is 29.3. The minimum atomic E-state index is -0.651. The lowest BCUT2D eigenvalue weighted by Gasteiger charge is -2.32. The van der Waals surface area contributed by atoms with Crippen LogP contribution in [0.3, 0.4) is 0 Å². The Bertz CT molecular complexity index is 742. The molecule has 0 aromatic carbocycles. The molecule has 23 heavy (non-hydrogen) atoms. The zero-order chi connectivity index (χ0) is 16.4. The second-order valence-corrected chi connectivity index (χ2v) is 6.22. The molecule has 118 valence electrons. The number of pyridine rings is 1. The molecule has 1 aliphatic heterocycles. The van der Waals surface area contributed by atoms with Gasteiger partial charge in [0.2, 0.25) is 0 Å². The first-order valence-corrected chi connectivity index (χ1v) is 7.83. The van der Waals surface area contributed by atoms with Gasteiger partial charge in [0.1, 0.15) is 5.94 Å². The molecule has 0 radical (unpaired) electrons. The third-order valence-corrected chi connectivity index (χ3v) is 4.42. The number of primary amides is 1. The Balaban J connectivity index is 2.00. The number of hydrogen-bond donors (Lipinski definition) is 1. The molecule has 2 N–H and O–H groups in total. The molecule has 1 saturated carbocycles. The highest BCUT2D eigenvalue weighted by Crippen LogP contribution is 2.33. The van der Waals surface area contributed by atoms with Crippen LogP contribution < -0.4 is 5.73 Å². The van der Waals surface area contributed by atoms with E-state index in [1.165, 1.54) is 25.5 Å². The van der Waals surface area contributed by atoms with Crippen molar-refractivity contribution in [3.8, 4) is 0 Å². The number of rotatable bonds is 4. The van der Waals surface area contributed by atoms with Gasteiger partial charge in [-0.1, -0.05) is 18.0 Å². The molecule has 1 aliphatic carbocycles. The fourth-order valence-electron chi connectivity index (χ4n) is 2.75. The molecule has 1 amide bonds. The summed E-state index contributed by atoms with van der Waals surface area (Å²) in [5.74, 6) is 1.77. The second kappa shape index (κ2) is 6.41. The number of carbonyl (C=O) groups is 1. The Morgan fingerprint density at radius 1 is 1.39 bits per heavy atom. The predicted octanol–water partition coefficient (Wildman–Crippen LogP) is 2.32. The summed E-state index contributed by atoms with van der Waals surface area (Å²) >= 11 is 5.86. The van der Waals surface area contributed by atoms with E-state index in [1.807, 2.05) is 17.0 Å². The minimum Gasteiger partial charge on any atom is -0.366 e. The van der Waals surface area contributed by atoms with E-state index in [2.05, 4.69) is 4.98 Å². The molecule has 0 unspecified atom stereocenters. The van der Waals surface area contributed by atoms with Crippen LogP contribution in [-0.2, 0) is 9.59 Å². The van der Waals surface area contributed by atoms with Crippen molar-refractivity contribution in [3.05, 3.63) is 52.6 Å². The van der Waals surface area contributed by atoms with Crippen molar-refractivity contribution >= 4 is 29.0 Å². The highest BCUT2D eigenvalue weighted by atomic mass is 35.5. The van der Waals surface area contributed by atoms with Crippen LogP contribution in [0.15, 0.2) is 41.9 Å². The lowest BCUT2D eigenvalue weighted by molar-refractivity contribution is -0.114. The first-order valence-electron chi connectivity index (χ1n) is 7.45. The molecule has 0 saturated heterocycles. The average molecular weight is 330 g/mol. The van der Waals surface area contributed by atoms with Crippen molar-refractivity contribution < 1.29 is 9.59 Å². The number of amides is 1. The van der Waals surface area contributed by atoms with Gasteiger partial charge in [-0.05, 0) is 30.9 Å². The van der Waals surface area contributed by atoms with Gasteiger partial charge < -0.3 is 10.6 Å². The Labute approximate surface area is 139 Å². The van der Waals surface area contributed by atoms with E-state index in [-0.39, 0.29) is 11.1 Å². The maximum atomic E-state index is 11.7. The molecule has 2 heterocycles. The van der Waals surface area contributed by atoms with Crippen molar-refractivity contribution in [3.63, 3.8) is 0 Å². The number of carbonyl (C=O) groups excluding carboxylic acids is 2. The highest BCUT2D eigenvalue weighted by Gasteiger charge is 2.27. The minimum absolute atomic E-state index is 0.136. The van der Waals surface area contributed by atoms with Crippen molar-refractivity contribution in [2.45, 2.75) is 19.3 Å². The molecular formula is C17H16ClN3O2. The molecule has 3 rings (SSSR count). The number of nitrogens with two attached hydrogens (primary N) is 1. The Kier molecular flexibility index (Phi) is 4.33. The van der Waals surface area contributed by atoms with E-state index in [4.69, 9.17) is 17.3 Å². The van der Waals surface area contributed by atoms with Gasteiger partial charge in [0, 0.05) is 30.7 Å². The van der Waals surface area contributed by atoms with Crippen LogP contribution in [0.4, 0.5) is 0 Å². The zero-order valence-electron chi connectivity index (χ0n) is 12.5. The molecule has 0 atom stereocenters. The van der Waals surface area contributed by atoms with Crippen LogP contribution in [0.1, 0.15) is 25.0 Å². The predicted molar refractivity (Wildman–Crippen MR) is 87.8 cm³/mol. The van der Waals surface area contributed by atoms with E-state index >= 15 is 0 Å². The van der Waals surface area contributed by atoms with E-state index in [0.29, 0.717) is 22.2 Å². The summed E-state index contributed by atoms with van der Waals surface area (Å²) in [5, 5.41) is 0.499. The fourth-order valence-corrected chi connectivity index (χ4v) is 2.86. The number of halogens is 1. The van der Waals surface area contributed by atoms with E-state index in [9.17, 15) is 9.59 Å². The smallest absolute Gasteiger partial charge is 0.251 e. The zero-order valence-corrected chi connectivity index (χ0v) is 13.2. The number of aromatic nitrogens is 1. The lowest BCUT2D eigenvalue weighted by atomic mass is 9.84. The highest BCUT2D eigenvalue weighted by molar-refractivity contribution is 6.30. The number of hydrogen-bond acceptors (Lipinski definition) is 4. The maximum Gasteiger partial charge on any atom is 0.251 e. The van der Waals surface area contributed by atoms with Gasteiger partial charge in [0.25, 0.3) is 5.91 Å². The van der Waals surface area contributed by atoms with Gasteiger partial charge in [-0.3, -0.25) is 9.78 Å². The third-order valence-electron chi connectivity index (χ3n) is 4.19. The summed E-state index contributed by atoms with van der Waals surface area (Å²) in [6.45, 7) is 0.792. The molecule has 2 aliphatic rings. The third kappa shape index (κ3) is 3.21. The SMILES string of the molecule is NC(=O)C1=CN(CC2CCC2)C=C(c2ccc(Cl)cn2)C1=C=O. The second-order valence-electron chi connectivity index (χ2n) is 5.78. The summed E-state index contributed by atoms with van der Waals surface area (Å²) in [6, 6.07) is 3.39. The normalized spacial score (nSPS) is 18.0. The monoisotopic (exact) mass is 329 g/mol. The van der Waals surface area contributed by atoms with E-state index in [1.54, 1.807) is 18.3 Å². The Morgan fingerprint density at radius 2 is 2.17 bits per heavy atom. The van der Waals surface area contributed by atoms with Crippen LogP contribution in [0.5, 0.6) is 0 Å². The molecule has 0 bridgehead atoms. The molecule has 0 spiro atoms. The molecule has 6 heteroatoms. The summed E-state index contributed by atoms with van der Waals surface area (Å²) in [6.07, 6.45) is 8.53. The van der Waals surface area contributed by atoms with Crippen LogP contribution in [0.25, 0.3) is 5.57 Å². The summed E-state index contributed by atoms with van der Waals surface area (Å²) < 4.78 is 0. The molecule has 1 fully saturated rings. The average Bonchev–Trinajstić information content (AvgIpc) is 2.50. The summed E-state index contributed by atoms with van der Waals surface area (Å²) in [7, 11) is 0. The number of nitrogens with zero attached hydrogens (tertiary/aromatic N) is 2. The molecule has 1 aromatic rings. The van der Waals surface area contributed by atoms with Gasteiger partial charge in [-0.2, -0.15) is 0 Å². The fraction of sp³-hybridized carbons (Fsp3) is 0.294. The lowest BCUT2D eigenvalue weighted by Crippen LogP contribution is -2.30. The van der Waals surface area contributed by atoms with Gasteiger partial charge in [0.15, 0.2) is 0 Å². The van der Waals surface area contributed by atoms with Crippen LogP contribution in [-0.4, -0.2) is 28.3 Å². The maximum absolute atomic E-state index is 11.7. The van der Waals surface area contributed by atoms with E-state index in [0.717, 1.165) is 6.54 Å². The molecule has 5 nitrogen and oxygen atoms in total. The summed E-state index contributed by atoms with van der Waals surface area (Å²) in [5.41, 5.74) is 6.82. The van der Waals surface area contributed by atoms with Crippen molar-refractivity contribution in [2.75, 3.05) is 6.54 Å². The van der Waals surface area contributed by atoms with Crippen LogP contribution >= 0.6 is 11.6 Å². The van der Waals surface area contributed by atoms with Crippen LogP contribution in [0.2, 0.25) is 5.02 Å². The van der Waals surface area contributed by atoms with Gasteiger partial charge in [-0.15, -0.1) is 0 Å². The number of allylic oxidation sites excluding steroid dienone is 1. The Hall–Kier alpha value is -2.36. The van der Waals surface area contributed by atoms with Crippen molar-refractivity contribution in [2.24, 2.45) is 11.7 Å².